The summed E-state index contributed by atoms with van der Waals surface area (Å²) in [5, 5.41) is 14.8. The number of aliphatic hydroxyl groups excluding tert-OH is 1. The Balaban J connectivity index is 1.51. The monoisotopic (exact) mass is 437 g/mol. The van der Waals surface area contributed by atoms with Gasteiger partial charge < -0.3 is 24.6 Å². The Morgan fingerprint density at radius 2 is 2.03 bits per heavy atom. The lowest BCUT2D eigenvalue weighted by atomic mass is 9.69. The quantitative estimate of drug-likeness (QED) is 0.661. The number of likely N-dealkylation sites (tertiary alicyclic amines) is 1. The lowest BCUT2D eigenvalue weighted by Gasteiger charge is -2.46. The van der Waals surface area contributed by atoms with Crippen LogP contribution in [0.25, 0.3) is 10.9 Å². The molecule has 1 fully saturated rings. The number of aryl methyl sites for hydroxylation is 1. The number of ether oxygens (including phenoxy) is 1. The molecule has 0 aliphatic carbocycles. The number of methoxy groups -OCH3 is 1. The number of halogens is 1. The van der Waals surface area contributed by atoms with Gasteiger partial charge in [0, 0.05) is 54.8 Å². The number of amides is 1. The van der Waals surface area contributed by atoms with E-state index in [0.29, 0.717) is 18.7 Å². The van der Waals surface area contributed by atoms with Crippen LogP contribution in [0.15, 0.2) is 42.5 Å². The third-order valence-corrected chi connectivity index (χ3v) is 7.26. The number of aromatic nitrogens is 1. The van der Waals surface area contributed by atoms with Crippen LogP contribution >= 0.6 is 0 Å². The second-order valence-corrected chi connectivity index (χ2v) is 8.90. The molecule has 5 rings (SSSR count). The third-order valence-electron chi connectivity index (χ3n) is 7.26. The number of aliphatic hydroxyl groups is 1. The first kappa shape index (κ1) is 21.0. The van der Waals surface area contributed by atoms with Gasteiger partial charge in [0.15, 0.2) is 0 Å². The maximum absolute atomic E-state index is 13.6. The number of nitrogens with zero attached hydrogens (tertiary/aromatic N) is 2. The number of hydrogen-bond acceptors (Lipinski definition) is 4. The number of benzene rings is 2. The van der Waals surface area contributed by atoms with Crippen molar-refractivity contribution in [2.45, 2.75) is 24.3 Å². The number of nitrogens with one attached hydrogen (secondary N) is 1. The first-order valence-corrected chi connectivity index (χ1v) is 11.0. The molecule has 0 radical (unpaired) electrons. The van der Waals surface area contributed by atoms with E-state index in [-0.39, 0.29) is 24.0 Å². The molecule has 3 aromatic rings. The van der Waals surface area contributed by atoms with Gasteiger partial charge in [-0.15, -0.1) is 0 Å². The lowest BCUT2D eigenvalue weighted by Crippen LogP contribution is -2.53. The molecule has 0 unspecified atom stereocenters. The number of fused-ring (bicyclic) bond motifs is 4. The molecule has 6 nitrogen and oxygen atoms in total. The number of rotatable bonds is 3. The largest absolute Gasteiger partial charge is 0.497 e. The summed E-state index contributed by atoms with van der Waals surface area (Å²) in [5.74, 6) is 0.277. The summed E-state index contributed by atoms with van der Waals surface area (Å²) in [6, 6.07) is 11.9. The van der Waals surface area contributed by atoms with Gasteiger partial charge in [0.05, 0.1) is 25.3 Å². The van der Waals surface area contributed by atoms with Crippen LogP contribution in [0.3, 0.4) is 0 Å². The molecule has 0 saturated carbocycles. The van der Waals surface area contributed by atoms with Crippen molar-refractivity contribution < 1.29 is 19.0 Å². The molecule has 0 bridgehead atoms. The van der Waals surface area contributed by atoms with E-state index in [9.17, 15) is 14.3 Å². The summed E-state index contributed by atoms with van der Waals surface area (Å²) in [4.78, 5) is 14.8. The van der Waals surface area contributed by atoms with E-state index in [1.165, 1.54) is 23.1 Å². The van der Waals surface area contributed by atoms with Crippen LogP contribution in [0, 0.1) is 5.82 Å². The molecule has 2 aliphatic heterocycles. The fraction of sp³-hybridized carbons (Fsp3) is 0.400. The molecule has 1 aromatic heterocycles. The molecule has 32 heavy (non-hydrogen) atoms. The van der Waals surface area contributed by atoms with Crippen molar-refractivity contribution in [2.75, 3.05) is 33.4 Å². The van der Waals surface area contributed by atoms with Gasteiger partial charge in [-0.1, -0.05) is 6.07 Å². The van der Waals surface area contributed by atoms with E-state index < -0.39 is 5.82 Å². The Hall–Kier alpha value is -2.90. The summed E-state index contributed by atoms with van der Waals surface area (Å²) in [5.41, 5.74) is 3.71. The smallest absolute Gasteiger partial charge is 0.253 e. The second kappa shape index (κ2) is 7.90. The summed E-state index contributed by atoms with van der Waals surface area (Å²) < 4.78 is 21.2. The van der Waals surface area contributed by atoms with Crippen molar-refractivity contribution in [3.63, 3.8) is 0 Å². The first-order chi connectivity index (χ1) is 15.5. The van der Waals surface area contributed by atoms with E-state index in [1.54, 1.807) is 19.2 Å². The van der Waals surface area contributed by atoms with Crippen LogP contribution < -0.4 is 10.1 Å². The van der Waals surface area contributed by atoms with Gasteiger partial charge in [0.2, 0.25) is 0 Å². The van der Waals surface area contributed by atoms with Crippen molar-refractivity contribution in [1.29, 1.82) is 0 Å². The van der Waals surface area contributed by atoms with Gasteiger partial charge in [-0.2, -0.15) is 0 Å². The maximum atomic E-state index is 13.6. The van der Waals surface area contributed by atoms with Crippen molar-refractivity contribution in [3.8, 4) is 5.75 Å². The van der Waals surface area contributed by atoms with Gasteiger partial charge in [-0.05, 0) is 48.7 Å². The molecule has 2 aromatic carbocycles. The summed E-state index contributed by atoms with van der Waals surface area (Å²) in [7, 11) is 3.70. The van der Waals surface area contributed by atoms with Crippen LogP contribution in [0.5, 0.6) is 5.75 Å². The highest BCUT2D eigenvalue weighted by Gasteiger charge is 2.45. The standard InChI is InChI=1S/C25H28FN3O3/c1-28-21-13-18(32-2)6-7-19(21)22-23(28)20(14-30)27-15-25(22)8-10-29(11-9-25)24(31)16-4-3-5-17(26)12-16/h3-7,12-13,20,27,30H,8-11,14-15H2,1-2H3/t20-/m1/s1. The average molecular weight is 438 g/mol. The van der Waals surface area contributed by atoms with Gasteiger partial charge in [-0.25, -0.2) is 4.39 Å². The highest BCUT2D eigenvalue weighted by atomic mass is 19.1. The van der Waals surface area contributed by atoms with Crippen molar-refractivity contribution in [2.24, 2.45) is 7.05 Å². The van der Waals surface area contributed by atoms with Crippen LogP contribution in [0.2, 0.25) is 0 Å². The van der Waals surface area contributed by atoms with Crippen LogP contribution in [-0.4, -0.2) is 53.8 Å². The number of piperidine rings is 1. The van der Waals surface area contributed by atoms with Crippen LogP contribution in [0.4, 0.5) is 4.39 Å². The molecule has 7 heteroatoms. The minimum Gasteiger partial charge on any atom is -0.497 e. The third kappa shape index (κ3) is 3.19. The predicted molar refractivity (Wildman–Crippen MR) is 121 cm³/mol. The lowest BCUT2D eigenvalue weighted by molar-refractivity contribution is 0.0650. The fourth-order valence-electron chi connectivity index (χ4n) is 5.55. The Bertz CT molecular complexity index is 1180. The minimum absolute atomic E-state index is 0.0224. The van der Waals surface area contributed by atoms with Crippen LogP contribution in [0.1, 0.15) is 40.5 Å². The fourth-order valence-corrected chi connectivity index (χ4v) is 5.55. The van der Waals surface area contributed by atoms with E-state index >= 15 is 0 Å². The molecule has 2 aliphatic rings. The van der Waals surface area contributed by atoms with Crippen molar-refractivity contribution >= 4 is 16.8 Å². The predicted octanol–water partition coefficient (Wildman–Crippen LogP) is 3.14. The Morgan fingerprint density at radius 1 is 1.25 bits per heavy atom. The van der Waals surface area contributed by atoms with E-state index in [2.05, 4.69) is 16.0 Å². The van der Waals surface area contributed by atoms with E-state index in [1.807, 2.05) is 24.1 Å². The zero-order chi connectivity index (χ0) is 22.5. The van der Waals surface area contributed by atoms with Crippen molar-refractivity contribution in [3.05, 3.63) is 65.1 Å². The average Bonchev–Trinajstić information content (AvgIpc) is 3.12. The Kier molecular flexibility index (Phi) is 5.18. The molecular weight excluding hydrogens is 409 g/mol. The molecule has 3 heterocycles. The van der Waals surface area contributed by atoms with Crippen LogP contribution in [-0.2, 0) is 12.5 Å². The molecular formula is C25H28FN3O3. The Morgan fingerprint density at radius 3 is 2.72 bits per heavy atom. The maximum Gasteiger partial charge on any atom is 0.253 e. The van der Waals surface area contributed by atoms with Gasteiger partial charge in [0.1, 0.15) is 11.6 Å². The van der Waals surface area contributed by atoms with Crippen molar-refractivity contribution in [1.82, 2.24) is 14.8 Å². The highest BCUT2D eigenvalue weighted by molar-refractivity contribution is 5.94. The van der Waals surface area contributed by atoms with Gasteiger partial charge in [0.25, 0.3) is 5.91 Å². The highest BCUT2D eigenvalue weighted by Crippen LogP contribution is 2.47. The molecule has 1 saturated heterocycles. The summed E-state index contributed by atoms with van der Waals surface area (Å²) in [6.07, 6.45) is 1.61. The number of hydrogen-bond donors (Lipinski definition) is 2. The molecule has 1 atom stereocenters. The first-order valence-electron chi connectivity index (χ1n) is 11.0. The molecule has 1 spiro atoms. The number of carbonyl (C=O) groups is 1. The summed E-state index contributed by atoms with van der Waals surface area (Å²) >= 11 is 0. The summed E-state index contributed by atoms with van der Waals surface area (Å²) in [6.45, 7) is 1.98. The topological polar surface area (TPSA) is 66.7 Å². The van der Waals surface area contributed by atoms with Gasteiger partial charge >= 0.3 is 0 Å². The van der Waals surface area contributed by atoms with E-state index in [0.717, 1.165) is 36.3 Å². The second-order valence-electron chi connectivity index (χ2n) is 8.90. The molecule has 1 amide bonds. The zero-order valence-electron chi connectivity index (χ0n) is 18.4. The van der Waals surface area contributed by atoms with E-state index in [4.69, 9.17) is 4.74 Å². The van der Waals surface area contributed by atoms with Gasteiger partial charge in [-0.3, -0.25) is 4.79 Å². The minimum atomic E-state index is -0.397. The molecule has 168 valence electrons. The number of carbonyl (C=O) groups excluding carboxylic acids is 1. The zero-order valence-corrected chi connectivity index (χ0v) is 18.4. The normalized spacial score (nSPS) is 19.9. The Labute approximate surface area is 186 Å². The molecule has 2 N–H and O–H groups in total. The SMILES string of the molecule is COc1ccc2c3c(n(C)c2c1)[C@@H](CO)NCC31CCN(C(=O)c2cccc(F)c2)CC1.